The first-order valence-corrected chi connectivity index (χ1v) is 11.9. The van der Waals surface area contributed by atoms with E-state index < -0.39 is 0 Å². The highest BCUT2D eigenvalue weighted by atomic mass is 19.1. The summed E-state index contributed by atoms with van der Waals surface area (Å²) in [6.07, 6.45) is 7.74. The quantitative estimate of drug-likeness (QED) is 0.482. The Morgan fingerprint density at radius 2 is 1.68 bits per heavy atom. The lowest BCUT2D eigenvalue weighted by Gasteiger charge is -2.37. The van der Waals surface area contributed by atoms with E-state index in [-0.39, 0.29) is 17.9 Å². The zero-order chi connectivity index (χ0) is 21.6. The van der Waals surface area contributed by atoms with Gasteiger partial charge in [0.25, 0.3) is 0 Å². The molecule has 2 aromatic rings. The number of rotatable bonds is 7. The predicted octanol–water partition coefficient (Wildman–Crippen LogP) is 6.81. The molecule has 0 bridgehead atoms. The highest BCUT2D eigenvalue weighted by molar-refractivity contribution is 5.28. The second kappa shape index (κ2) is 10.7. The summed E-state index contributed by atoms with van der Waals surface area (Å²) in [5, 5.41) is 0. The molecule has 1 aliphatic carbocycles. The van der Waals surface area contributed by atoms with Crippen molar-refractivity contribution in [2.75, 3.05) is 13.2 Å². The van der Waals surface area contributed by atoms with E-state index in [2.05, 4.69) is 13.0 Å². The summed E-state index contributed by atoms with van der Waals surface area (Å²) in [6.45, 7) is 3.84. The zero-order valence-corrected chi connectivity index (χ0v) is 18.5. The van der Waals surface area contributed by atoms with Gasteiger partial charge in [0.1, 0.15) is 11.6 Å². The normalized spacial score (nSPS) is 26.7. The first kappa shape index (κ1) is 22.4. The maximum absolute atomic E-state index is 14.7. The SMILES string of the molecule is CCCC1COC(C2CCC(c3ccc(CCc4cccc(F)c4)c(F)c3)CC2)OC1. The van der Waals surface area contributed by atoms with Crippen molar-refractivity contribution in [3.8, 4) is 0 Å². The van der Waals surface area contributed by atoms with Crippen LogP contribution in [0.2, 0.25) is 0 Å². The number of hydrogen-bond donors (Lipinski definition) is 0. The third-order valence-corrected chi connectivity index (χ3v) is 6.97. The van der Waals surface area contributed by atoms with Gasteiger partial charge < -0.3 is 9.47 Å². The van der Waals surface area contributed by atoms with Crippen molar-refractivity contribution >= 4 is 0 Å². The number of hydrogen-bond acceptors (Lipinski definition) is 2. The fourth-order valence-electron chi connectivity index (χ4n) is 5.12. The van der Waals surface area contributed by atoms with Crippen molar-refractivity contribution in [2.45, 2.75) is 70.5 Å². The van der Waals surface area contributed by atoms with Gasteiger partial charge >= 0.3 is 0 Å². The monoisotopic (exact) mass is 428 g/mol. The lowest BCUT2D eigenvalue weighted by molar-refractivity contribution is -0.229. The average molecular weight is 429 g/mol. The Hall–Kier alpha value is -1.78. The fraction of sp³-hybridized carbons (Fsp3) is 0.556. The molecule has 2 nitrogen and oxygen atoms in total. The van der Waals surface area contributed by atoms with E-state index in [0.29, 0.717) is 36.2 Å². The highest BCUT2D eigenvalue weighted by Gasteiger charge is 2.32. The van der Waals surface area contributed by atoms with E-state index >= 15 is 0 Å². The summed E-state index contributed by atoms with van der Waals surface area (Å²) >= 11 is 0. The Balaban J connectivity index is 1.27. The van der Waals surface area contributed by atoms with Gasteiger partial charge in [-0.25, -0.2) is 8.78 Å². The van der Waals surface area contributed by atoms with Crippen LogP contribution in [0.4, 0.5) is 8.78 Å². The molecule has 2 aromatic carbocycles. The number of aryl methyl sites for hydroxylation is 2. The van der Waals surface area contributed by atoms with Gasteiger partial charge in [0, 0.05) is 11.8 Å². The molecule has 4 rings (SSSR count). The van der Waals surface area contributed by atoms with Gasteiger partial charge in [0.15, 0.2) is 6.29 Å². The summed E-state index contributed by atoms with van der Waals surface area (Å²) in [4.78, 5) is 0. The maximum atomic E-state index is 14.7. The van der Waals surface area contributed by atoms with Gasteiger partial charge in [-0.3, -0.25) is 0 Å². The Labute approximate surface area is 185 Å². The van der Waals surface area contributed by atoms with Gasteiger partial charge in [-0.2, -0.15) is 0 Å². The summed E-state index contributed by atoms with van der Waals surface area (Å²) in [5.74, 6) is 1.01. The standard InChI is InChI=1S/C27H34F2O2/c1-2-4-20-17-30-27(31-18-20)23-12-9-21(10-13-23)24-14-11-22(26(29)16-24)8-7-19-5-3-6-25(28)15-19/h3,5-6,11,14-16,20-21,23,27H,2,4,7-10,12-13,17-18H2,1H3. The minimum absolute atomic E-state index is 0.0593. The Kier molecular flexibility index (Phi) is 7.73. The van der Waals surface area contributed by atoms with Crippen LogP contribution < -0.4 is 0 Å². The lowest BCUT2D eigenvalue weighted by atomic mass is 9.78. The minimum Gasteiger partial charge on any atom is -0.352 e. The van der Waals surface area contributed by atoms with Gasteiger partial charge in [0.05, 0.1) is 13.2 Å². The molecule has 1 saturated heterocycles. The molecule has 4 heteroatoms. The van der Waals surface area contributed by atoms with Crippen LogP contribution in [0.15, 0.2) is 42.5 Å². The molecular formula is C27H34F2O2. The van der Waals surface area contributed by atoms with E-state index in [4.69, 9.17) is 9.47 Å². The molecule has 168 valence electrons. The second-order valence-corrected chi connectivity index (χ2v) is 9.28. The third-order valence-electron chi connectivity index (χ3n) is 6.97. The van der Waals surface area contributed by atoms with Crippen LogP contribution in [-0.4, -0.2) is 19.5 Å². The van der Waals surface area contributed by atoms with E-state index in [1.54, 1.807) is 12.1 Å². The first-order chi connectivity index (χ1) is 15.1. The Morgan fingerprint density at radius 3 is 2.35 bits per heavy atom. The van der Waals surface area contributed by atoms with Gasteiger partial charge in [-0.15, -0.1) is 0 Å². The van der Waals surface area contributed by atoms with Gasteiger partial charge in [-0.05, 0) is 85.8 Å². The average Bonchev–Trinajstić information content (AvgIpc) is 2.79. The molecule has 31 heavy (non-hydrogen) atoms. The predicted molar refractivity (Wildman–Crippen MR) is 119 cm³/mol. The van der Waals surface area contributed by atoms with Crippen LogP contribution in [-0.2, 0) is 22.3 Å². The molecule has 2 fully saturated rings. The van der Waals surface area contributed by atoms with Crippen molar-refractivity contribution in [3.05, 3.63) is 70.8 Å². The molecule has 0 amide bonds. The van der Waals surface area contributed by atoms with Gasteiger partial charge in [0.2, 0.25) is 0 Å². The summed E-state index contributed by atoms with van der Waals surface area (Å²) in [7, 11) is 0. The number of benzene rings is 2. The van der Waals surface area contributed by atoms with Crippen LogP contribution in [0.5, 0.6) is 0 Å². The van der Waals surface area contributed by atoms with Crippen LogP contribution in [0.25, 0.3) is 0 Å². The second-order valence-electron chi connectivity index (χ2n) is 9.28. The summed E-state index contributed by atoms with van der Waals surface area (Å²) < 4.78 is 40.1. The Bertz CT molecular complexity index is 837. The van der Waals surface area contributed by atoms with Crippen LogP contribution in [0.1, 0.15) is 68.1 Å². The van der Waals surface area contributed by atoms with E-state index in [1.807, 2.05) is 12.1 Å². The topological polar surface area (TPSA) is 18.5 Å². The van der Waals surface area contributed by atoms with E-state index in [0.717, 1.165) is 50.0 Å². The molecule has 2 aliphatic rings. The largest absolute Gasteiger partial charge is 0.352 e. The first-order valence-electron chi connectivity index (χ1n) is 11.9. The molecule has 0 N–H and O–H groups in total. The van der Waals surface area contributed by atoms with Crippen LogP contribution in [0.3, 0.4) is 0 Å². The molecule has 1 aliphatic heterocycles. The van der Waals surface area contributed by atoms with Crippen LogP contribution >= 0.6 is 0 Å². The number of ether oxygens (including phenoxy) is 2. The van der Waals surface area contributed by atoms with Crippen molar-refractivity contribution in [3.63, 3.8) is 0 Å². The fourth-order valence-corrected chi connectivity index (χ4v) is 5.12. The zero-order valence-electron chi connectivity index (χ0n) is 18.5. The van der Waals surface area contributed by atoms with E-state index in [9.17, 15) is 8.78 Å². The Morgan fingerprint density at radius 1 is 0.903 bits per heavy atom. The molecule has 0 aromatic heterocycles. The highest BCUT2D eigenvalue weighted by Crippen LogP contribution is 2.39. The van der Waals surface area contributed by atoms with Crippen molar-refractivity contribution in [1.29, 1.82) is 0 Å². The molecular weight excluding hydrogens is 394 g/mol. The summed E-state index contributed by atoms with van der Waals surface area (Å²) in [5.41, 5.74) is 2.70. The molecule has 0 atom stereocenters. The molecule has 0 radical (unpaired) electrons. The molecule has 0 unspecified atom stereocenters. The number of halogens is 2. The van der Waals surface area contributed by atoms with Crippen molar-refractivity contribution in [1.82, 2.24) is 0 Å². The lowest BCUT2D eigenvalue weighted by Crippen LogP contribution is -2.38. The minimum atomic E-state index is -0.242. The maximum Gasteiger partial charge on any atom is 0.160 e. The third kappa shape index (κ3) is 5.93. The molecule has 1 heterocycles. The summed E-state index contributed by atoms with van der Waals surface area (Å²) in [6, 6.07) is 12.3. The van der Waals surface area contributed by atoms with Gasteiger partial charge in [-0.1, -0.05) is 37.6 Å². The van der Waals surface area contributed by atoms with Crippen LogP contribution in [0, 0.1) is 23.5 Å². The molecule has 0 spiro atoms. The smallest absolute Gasteiger partial charge is 0.160 e. The van der Waals surface area contributed by atoms with Crippen molar-refractivity contribution < 1.29 is 18.3 Å². The molecule has 1 saturated carbocycles. The van der Waals surface area contributed by atoms with E-state index in [1.165, 1.54) is 25.0 Å². The van der Waals surface area contributed by atoms with Crippen molar-refractivity contribution in [2.24, 2.45) is 11.8 Å².